The van der Waals surface area contributed by atoms with E-state index < -0.39 is 5.60 Å². The summed E-state index contributed by atoms with van der Waals surface area (Å²) in [6.07, 6.45) is 7.07. The van der Waals surface area contributed by atoms with Gasteiger partial charge in [-0.1, -0.05) is 19.3 Å². The van der Waals surface area contributed by atoms with E-state index in [4.69, 9.17) is 0 Å². The maximum Gasteiger partial charge on any atom is 0.224 e. The zero-order valence-corrected chi connectivity index (χ0v) is 10.5. The number of amides is 1. The van der Waals surface area contributed by atoms with Crippen LogP contribution in [0.4, 0.5) is 0 Å². The van der Waals surface area contributed by atoms with Crippen LogP contribution in [-0.4, -0.2) is 36.2 Å². The molecule has 0 radical (unpaired) electrons. The molecule has 0 aromatic carbocycles. The molecule has 1 saturated heterocycles. The molecule has 1 saturated carbocycles. The lowest BCUT2D eigenvalue weighted by atomic mass is 9.84. The Bertz CT molecular complexity index is 256. The molecular formula is C13H24N2O2. The highest BCUT2D eigenvalue weighted by Crippen LogP contribution is 2.27. The summed E-state index contributed by atoms with van der Waals surface area (Å²) in [4.78, 5) is 11.9. The molecule has 1 aliphatic heterocycles. The Hall–Kier alpha value is -0.610. The number of hydrogen-bond acceptors (Lipinski definition) is 3. The molecule has 4 heteroatoms. The molecule has 3 N–H and O–H groups in total. The third-order valence-electron chi connectivity index (χ3n) is 4.04. The van der Waals surface area contributed by atoms with Crippen molar-refractivity contribution in [2.75, 3.05) is 19.6 Å². The van der Waals surface area contributed by atoms with Gasteiger partial charge >= 0.3 is 0 Å². The summed E-state index contributed by atoms with van der Waals surface area (Å²) in [7, 11) is 0. The highest BCUT2D eigenvalue weighted by Gasteiger charge is 2.30. The fourth-order valence-electron chi connectivity index (χ4n) is 2.86. The highest BCUT2D eigenvalue weighted by atomic mass is 16.3. The molecule has 1 aliphatic carbocycles. The van der Waals surface area contributed by atoms with Crippen LogP contribution >= 0.6 is 0 Å². The Kier molecular flexibility index (Phi) is 4.40. The van der Waals surface area contributed by atoms with E-state index in [1.165, 1.54) is 6.42 Å². The van der Waals surface area contributed by atoms with Crippen LogP contribution in [0, 0.1) is 5.92 Å². The fraction of sp³-hybridized carbons (Fsp3) is 0.923. The minimum Gasteiger partial charge on any atom is -0.388 e. The zero-order chi connectivity index (χ0) is 12.1. The third-order valence-corrected chi connectivity index (χ3v) is 4.04. The smallest absolute Gasteiger partial charge is 0.224 e. The van der Waals surface area contributed by atoms with Crippen molar-refractivity contribution in [3.63, 3.8) is 0 Å². The Balaban J connectivity index is 1.74. The summed E-state index contributed by atoms with van der Waals surface area (Å²) < 4.78 is 0. The van der Waals surface area contributed by atoms with Crippen molar-refractivity contribution < 1.29 is 9.90 Å². The molecule has 1 heterocycles. The Morgan fingerprint density at radius 3 is 2.71 bits per heavy atom. The van der Waals surface area contributed by atoms with Gasteiger partial charge in [-0.25, -0.2) is 0 Å². The van der Waals surface area contributed by atoms with Gasteiger partial charge in [0.1, 0.15) is 0 Å². The van der Waals surface area contributed by atoms with Crippen molar-refractivity contribution in [1.29, 1.82) is 0 Å². The zero-order valence-electron chi connectivity index (χ0n) is 10.5. The average molecular weight is 240 g/mol. The molecule has 2 aliphatic rings. The van der Waals surface area contributed by atoms with E-state index in [0.29, 0.717) is 6.54 Å². The molecule has 0 spiro atoms. The molecular weight excluding hydrogens is 216 g/mol. The summed E-state index contributed by atoms with van der Waals surface area (Å²) >= 11 is 0. The largest absolute Gasteiger partial charge is 0.388 e. The molecule has 17 heavy (non-hydrogen) atoms. The van der Waals surface area contributed by atoms with Gasteiger partial charge in [0.25, 0.3) is 0 Å². The maximum atomic E-state index is 11.9. The lowest BCUT2D eigenvalue weighted by Crippen LogP contribution is -2.48. The van der Waals surface area contributed by atoms with Gasteiger partial charge in [-0.3, -0.25) is 4.79 Å². The maximum absolute atomic E-state index is 11.9. The van der Waals surface area contributed by atoms with E-state index in [1.54, 1.807) is 0 Å². The Morgan fingerprint density at radius 2 is 2.06 bits per heavy atom. The lowest BCUT2D eigenvalue weighted by Gasteiger charge is -2.33. The first kappa shape index (κ1) is 12.8. The van der Waals surface area contributed by atoms with E-state index in [1.807, 2.05) is 0 Å². The summed E-state index contributed by atoms with van der Waals surface area (Å²) in [5.41, 5.74) is -0.643. The number of rotatable bonds is 3. The van der Waals surface area contributed by atoms with Crippen LogP contribution in [-0.2, 0) is 4.79 Å². The van der Waals surface area contributed by atoms with E-state index in [-0.39, 0.29) is 11.8 Å². The van der Waals surface area contributed by atoms with Crippen LogP contribution < -0.4 is 10.6 Å². The lowest BCUT2D eigenvalue weighted by molar-refractivity contribution is -0.127. The fourth-order valence-corrected chi connectivity index (χ4v) is 2.86. The van der Waals surface area contributed by atoms with E-state index in [2.05, 4.69) is 10.6 Å². The number of piperidine rings is 1. The first-order chi connectivity index (χ1) is 8.20. The van der Waals surface area contributed by atoms with Crippen molar-refractivity contribution in [3.8, 4) is 0 Å². The first-order valence-corrected chi connectivity index (χ1v) is 6.90. The first-order valence-electron chi connectivity index (χ1n) is 6.90. The van der Waals surface area contributed by atoms with Gasteiger partial charge in [-0.15, -0.1) is 0 Å². The third kappa shape index (κ3) is 3.68. The number of carbonyl (C=O) groups excluding carboxylic acids is 1. The molecule has 0 bridgehead atoms. The van der Waals surface area contributed by atoms with Crippen LogP contribution in [0.2, 0.25) is 0 Å². The summed E-state index contributed by atoms with van der Waals surface area (Å²) in [6.45, 7) is 2.24. The quantitative estimate of drug-likeness (QED) is 0.684. The molecule has 2 fully saturated rings. The summed E-state index contributed by atoms with van der Waals surface area (Å²) in [6, 6.07) is 0. The molecule has 0 unspecified atom stereocenters. The van der Waals surface area contributed by atoms with Gasteiger partial charge in [0.05, 0.1) is 11.5 Å². The Morgan fingerprint density at radius 1 is 1.29 bits per heavy atom. The topological polar surface area (TPSA) is 61.4 Å². The van der Waals surface area contributed by atoms with Crippen LogP contribution in [0.3, 0.4) is 0 Å². The van der Waals surface area contributed by atoms with E-state index in [0.717, 1.165) is 51.6 Å². The van der Waals surface area contributed by atoms with Crippen molar-refractivity contribution in [2.45, 2.75) is 50.5 Å². The predicted molar refractivity (Wildman–Crippen MR) is 66.6 cm³/mol. The number of hydrogen-bond donors (Lipinski definition) is 3. The molecule has 2 rings (SSSR count). The second-order valence-electron chi connectivity index (χ2n) is 5.55. The van der Waals surface area contributed by atoms with Crippen LogP contribution in [0.1, 0.15) is 44.9 Å². The normalized spacial score (nSPS) is 28.6. The van der Waals surface area contributed by atoms with Gasteiger partial charge in [-0.2, -0.15) is 0 Å². The number of aliphatic hydroxyl groups is 1. The molecule has 1 amide bonds. The predicted octanol–water partition coefficient (Wildman–Crippen LogP) is 0.797. The Labute approximate surface area is 103 Å². The van der Waals surface area contributed by atoms with Gasteiger partial charge in [-0.05, 0) is 32.2 Å². The number of nitrogens with one attached hydrogen (secondary N) is 2. The molecule has 98 valence electrons. The second kappa shape index (κ2) is 5.83. The monoisotopic (exact) mass is 240 g/mol. The van der Waals surface area contributed by atoms with Gasteiger partial charge < -0.3 is 15.7 Å². The van der Waals surface area contributed by atoms with Gasteiger partial charge in [0, 0.05) is 13.1 Å². The molecule has 1 atom stereocenters. The van der Waals surface area contributed by atoms with Crippen LogP contribution in [0.5, 0.6) is 0 Å². The average Bonchev–Trinajstić information content (AvgIpc) is 2.38. The van der Waals surface area contributed by atoms with Crippen molar-refractivity contribution in [2.24, 2.45) is 5.92 Å². The molecule has 0 aromatic heterocycles. The standard InChI is InChI=1S/C13H24N2O2/c16-12(11-5-4-8-14-9-11)15-10-13(17)6-2-1-3-7-13/h11,14,17H,1-10H2,(H,15,16)/t11-/m0/s1. The van der Waals surface area contributed by atoms with Gasteiger partial charge in [0.15, 0.2) is 0 Å². The van der Waals surface area contributed by atoms with Gasteiger partial charge in [0.2, 0.25) is 5.91 Å². The highest BCUT2D eigenvalue weighted by molar-refractivity contribution is 5.79. The van der Waals surface area contributed by atoms with Crippen LogP contribution in [0.25, 0.3) is 0 Å². The minimum atomic E-state index is -0.643. The van der Waals surface area contributed by atoms with Crippen molar-refractivity contribution in [1.82, 2.24) is 10.6 Å². The molecule has 0 aromatic rings. The number of carbonyl (C=O) groups is 1. The van der Waals surface area contributed by atoms with Crippen molar-refractivity contribution in [3.05, 3.63) is 0 Å². The second-order valence-corrected chi connectivity index (χ2v) is 5.55. The van der Waals surface area contributed by atoms with E-state index >= 15 is 0 Å². The SMILES string of the molecule is O=C(NCC1(O)CCCCC1)[C@H]1CCCNC1. The summed E-state index contributed by atoms with van der Waals surface area (Å²) in [5.74, 6) is 0.201. The van der Waals surface area contributed by atoms with E-state index in [9.17, 15) is 9.90 Å². The van der Waals surface area contributed by atoms with Crippen molar-refractivity contribution >= 4 is 5.91 Å². The minimum absolute atomic E-state index is 0.0935. The summed E-state index contributed by atoms with van der Waals surface area (Å²) in [5, 5.41) is 16.5. The molecule has 4 nitrogen and oxygen atoms in total. The van der Waals surface area contributed by atoms with Crippen LogP contribution in [0.15, 0.2) is 0 Å².